The van der Waals surface area contributed by atoms with Gasteiger partial charge in [-0.2, -0.15) is 0 Å². The molecule has 142 valence electrons. The summed E-state index contributed by atoms with van der Waals surface area (Å²) < 4.78 is 11.1. The number of carbonyl (C=O) groups is 1. The molecule has 2 atom stereocenters. The molecular formula is C20H34N2O3. The normalized spacial score (nSPS) is 19.4. The molecule has 2 unspecified atom stereocenters. The van der Waals surface area contributed by atoms with Gasteiger partial charge in [-0.25, -0.2) is 4.79 Å². The van der Waals surface area contributed by atoms with Gasteiger partial charge in [0.15, 0.2) is 0 Å². The van der Waals surface area contributed by atoms with Crippen LogP contribution in [0.4, 0.5) is 4.79 Å². The molecular weight excluding hydrogens is 316 g/mol. The Bertz CT molecular complexity index is 499. The Morgan fingerprint density at radius 2 is 1.96 bits per heavy atom. The van der Waals surface area contributed by atoms with Gasteiger partial charge in [-0.3, -0.25) is 4.90 Å². The van der Waals surface area contributed by atoms with E-state index in [0.29, 0.717) is 6.61 Å². The second-order valence-electron chi connectivity index (χ2n) is 7.06. The number of hydrogen-bond acceptors (Lipinski definition) is 4. The van der Waals surface area contributed by atoms with Crippen LogP contribution >= 0.6 is 0 Å². The maximum atomic E-state index is 11.9. The molecule has 1 aliphatic rings. The predicted octanol–water partition coefficient (Wildman–Crippen LogP) is 3.83. The molecule has 2 rings (SSSR count). The number of rotatable bonds is 4. The van der Waals surface area contributed by atoms with Crippen LogP contribution in [0.15, 0.2) is 30.3 Å². The van der Waals surface area contributed by atoms with Gasteiger partial charge in [-0.1, -0.05) is 44.2 Å². The minimum Gasteiger partial charge on any atom is -0.444 e. The van der Waals surface area contributed by atoms with Crippen LogP contribution in [0.5, 0.6) is 0 Å². The van der Waals surface area contributed by atoms with Crippen molar-refractivity contribution in [3.63, 3.8) is 0 Å². The van der Waals surface area contributed by atoms with Gasteiger partial charge in [0.05, 0.1) is 18.8 Å². The highest BCUT2D eigenvalue weighted by atomic mass is 16.6. The van der Waals surface area contributed by atoms with Gasteiger partial charge in [-0.05, 0) is 33.3 Å². The maximum Gasteiger partial charge on any atom is 0.407 e. The number of ether oxygens (including phenoxy) is 2. The summed E-state index contributed by atoms with van der Waals surface area (Å²) in [5.74, 6) is 0. The Balaban J connectivity index is 0.00000151. The summed E-state index contributed by atoms with van der Waals surface area (Å²) in [6.45, 7) is 14.8. The van der Waals surface area contributed by atoms with E-state index in [4.69, 9.17) is 9.47 Å². The summed E-state index contributed by atoms with van der Waals surface area (Å²) >= 11 is 0. The molecule has 0 aliphatic carbocycles. The Morgan fingerprint density at radius 1 is 1.32 bits per heavy atom. The molecule has 1 fully saturated rings. The van der Waals surface area contributed by atoms with Crippen LogP contribution in [0.3, 0.4) is 0 Å². The fraction of sp³-hybridized carbons (Fsp3) is 0.650. The molecule has 5 nitrogen and oxygen atoms in total. The van der Waals surface area contributed by atoms with Gasteiger partial charge in [0, 0.05) is 19.6 Å². The minimum atomic E-state index is -0.490. The third-order valence-electron chi connectivity index (χ3n) is 3.73. The van der Waals surface area contributed by atoms with Gasteiger partial charge < -0.3 is 14.8 Å². The molecule has 0 aromatic heterocycles. The Morgan fingerprint density at radius 3 is 2.56 bits per heavy atom. The number of carbonyl (C=O) groups excluding carboxylic acids is 1. The van der Waals surface area contributed by atoms with E-state index in [2.05, 4.69) is 34.5 Å². The summed E-state index contributed by atoms with van der Waals surface area (Å²) in [5, 5.41) is 2.88. The average Bonchev–Trinajstić information content (AvgIpc) is 2.56. The third-order valence-corrected chi connectivity index (χ3v) is 3.73. The largest absolute Gasteiger partial charge is 0.444 e. The molecule has 0 radical (unpaired) electrons. The van der Waals surface area contributed by atoms with Crippen LogP contribution in [0.25, 0.3) is 0 Å². The molecule has 0 spiro atoms. The highest BCUT2D eigenvalue weighted by Gasteiger charge is 2.27. The highest BCUT2D eigenvalue weighted by Crippen LogP contribution is 2.14. The van der Waals surface area contributed by atoms with Gasteiger partial charge in [-0.15, -0.1) is 0 Å². The second-order valence-corrected chi connectivity index (χ2v) is 7.06. The van der Waals surface area contributed by atoms with Crippen LogP contribution in [-0.4, -0.2) is 48.4 Å². The van der Waals surface area contributed by atoms with Gasteiger partial charge >= 0.3 is 6.09 Å². The van der Waals surface area contributed by atoms with Crippen LogP contribution in [0.2, 0.25) is 0 Å². The SMILES string of the molecule is CC.CC(NC(=O)OC(C)(C)C)C1CN(Cc2ccccc2)CCO1. The Hall–Kier alpha value is -1.59. The van der Waals surface area contributed by atoms with Crippen LogP contribution in [0.1, 0.15) is 47.1 Å². The fourth-order valence-electron chi connectivity index (χ4n) is 2.61. The van der Waals surface area contributed by atoms with Crippen LogP contribution in [0, 0.1) is 0 Å². The van der Waals surface area contributed by atoms with Crippen molar-refractivity contribution in [1.29, 1.82) is 0 Å². The number of morpholine rings is 1. The topological polar surface area (TPSA) is 50.8 Å². The van der Waals surface area contributed by atoms with E-state index >= 15 is 0 Å². The quantitative estimate of drug-likeness (QED) is 0.897. The molecule has 1 aromatic carbocycles. The number of hydrogen-bond donors (Lipinski definition) is 1. The van der Waals surface area contributed by atoms with E-state index in [1.165, 1.54) is 5.56 Å². The molecule has 1 saturated heterocycles. The third kappa shape index (κ3) is 8.36. The van der Waals surface area contributed by atoms with E-state index < -0.39 is 11.7 Å². The molecule has 0 bridgehead atoms. The van der Waals surface area contributed by atoms with Crippen molar-refractivity contribution in [3.05, 3.63) is 35.9 Å². The smallest absolute Gasteiger partial charge is 0.407 e. The van der Waals surface area contributed by atoms with Crippen molar-refractivity contribution < 1.29 is 14.3 Å². The van der Waals surface area contributed by atoms with E-state index in [-0.39, 0.29) is 12.1 Å². The van der Waals surface area contributed by atoms with E-state index in [1.807, 2.05) is 47.6 Å². The lowest BCUT2D eigenvalue weighted by Crippen LogP contribution is -2.52. The molecule has 1 N–H and O–H groups in total. The molecule has 1 heterocycles. The molecule has 0 saturated carbocycles. The first-order valence-corrected chi connectivity index (χ1v) is 9.21. The predicted molar refractivity (Wildman–Crippen MR) is 102 cm³/mol. The lowest BCUT2D eigenvalue weighted by atomic mass is 10.1. The zero-order valence-corrected chi connectivity index (χ0v) is 16.5. The van der Waals surface area contributed by atoms with E-state index in [9.17, 15) is 4.79 Å². The van der Waals surface area contributed by atoms with Gasteiger partial charge in [0.1, 0.15) is 5.60 Å². The van der Waals surface area contributed by atoms with Crippen molar-refractivity contribution >= 4 is 6.09 Å². The second kappa shape index (κ2) is 10.4. The summed E-state index contributed by atoms with van der Waals surface area (Å²) in [5.41, 5.74) is 0.803. The first-order chi connectivity index (χ1) is 11.8. The first-order valence-electron chi connectivity index (χ1n) is 9.21. The molecule has 1 amide bonds. The maximum absolute atomic E-state index is 11.9. The van der Waals surface area contributed by atoms with Crippen LogP contribution < -0.4 is 5.32 Å². The van der Waals surface area contributed by atoms with Crippen molar-refractivity contribution in [3.8, 4) is 0 Å². The minimum absolute atomic E-state index is 0.0278. The number of nitrogens with one attached hydrogen (secondary N) is 1. The summed E-state index contributed by atoms with van der Waals surface area (Å²) in [4.78, 5) is 14.2. The lowest BCUT2D eigenvalue weighted by Gasteiger charge is -2.36. The van der Waals surface area contributed by atoms with Crippen molar-refractivity contribution in [2.45, 2.75) is 65.8 Å². The Kier molecular flexibility index (Phi) is 8.93. The number of amides is 1. The van der Waals surface area contributed by atoms with Crippen LogP contribution in [-0.2, 0) is 16.0 Å². The van der Waals surface area contributed by atoms with Crippen molar-refractivity contribution in [2.75, 3.05) is 19.7 Å². The first kappa shape index (κ1) is 21.5. The summed E-state index contributed by atoms with van der Waals surface area (Å²) in [6.07, 6.45) is -0.422. The monoisotopic (exact) mass is 350 g/mol. The molecule has 25 heavy (non-hydrogen) atoms. The van der Waals surface area contributed by atoms with Crippen molar-refractivity contribution in [2.24, 2.45) is 0 Å². The van der Waals surface area contributed by atoms with Gasteiger partial charge in [0.2, 0.25) is 0 Å². The lowest BCUT2D eigenvalue weighted by molar-refractivity contribution is -0.0474. The fourth-order valence-corrected chi connectivity index (χ4v) is 2.61. The zero-order valence-electron chi connectivity index (χ0n) is 16.5. The number of alkyl carbamates (subject to hydrolysis) is 1. The number of benzene rings is 1. The van der Waals surface area contributed by atoms with Crippen molar-refractivity contribution in [1.82, 2.24) is 10.2 Å². The highest BCUT2D eigenvalue weighted by molar-refractivity contribution is 5.68. The standard InChI is InChI=1S/C18H28N2O3.C2H6/c1-14(19-17(21)23-18(2,3)4)16-13-20(10-11-22-16)12-15-8-6-5-7-9-15;1-2/h5-9,14,16H,10-13H2,1-4H3,(H,19,21);1-2H3. The Labute approximate surface area is 152 Å². The van der Waals surface area contributed by atoms with E-state index in [0.717, 1.165) is 19.6 Å². The molecule has 1 aliphatic heterocycles. The van der Waals surface area contributed by atoms with E-state index in [1.54, 1.807) is 0 Å². The van der Waals surface area contributed by atoms with Gasteiger partial charge in [0.25, 0.3) is 0 Å². The summed E-state index contributed by atoms with van der Waals surface area (Å²) in [6, 6.07) is 10.3. The average molecular weight is 351 g/mol. The summed E-state index contributed by atoms with van der Waals surface area (Å²) in [7, 11) is 0. The zero-order chi connectivity index (χ0) is 18.9. The molecule has 1 aromatic rings. The molecule has 5 heteroatoms. The number of nitrogens with zero attached hydrogens (tertiary/aromatic N) is 1.